The van der Waals surface area contributed by atoms with Crippen molar-refractivity contribution in [2.45, 2.75) is 180 Å². The molecule has 0 radical (unpaired) electrons. The second kappa shape index (κ2) is 38.2. The Morgan fingerprint density at radius 1 is 0.623 bits per heavy atom. The SMILES string of the molecule is CC/C=C\C/C=C\C/C=C\C/C=C\CCCCCCCCCOCC(COP(=O)(O)OCC(N)C(=O)O)OC(=O)CCCCCCCCCCCCC. The fourth-order valence-electron chi connectivity index (χ4n) is 5.42. The molecule has 0 rings (SSSR count). The molecule has 0 aromatic rings. The fraction of sp³-hybridized carbons (Fsp3) is 0.762. The quantitative estimate of drug-likeness (QED) is 0.0238. The van der Waals surface area contributed by atoms with Gasteiger partial charge in [-0.15, -0.1) is 0 Å². The summed E-state index contributed by atoms with van der Waals surface area (Å²) >= 11 is 0. The van der Waals surface area contributed by atoms with Crippen LogP contribution < -0.4 is 5.73 Å². The van der Waals surface area contributed by atoms with E-state index in [0.29, 0.717) is 13.0 Å². The first kappa shape index (κ1) is 50.9. The average Bonchev–Trinajstić information content (AvgIpc) is 3.13. The molecule has 0 aliphatic carbocycles. The van der Waals surface area contributed by atoms with Gasteiger partial charge < -0.3 is 25.2 Å². The summed E-state index contributed by atoms with van der Waals surface area (Å²) in [5.74, 6) is -1.79. The largest absolute Gasteiger partial charge is 0.480 e. The molecule has 0 spiro atoms. The van der Waals surface area contributed by atoms with E-state index in [1.165, 1.54) is 70.6 Å². The summed E-state index contributed by atoms with van der Waals surface area (Å²) in [5.41, 5.74) is 5.34. The number of aliphatic carboxylic acids is 1. The molecule has 0 fully saturated rings. The lowest BCUT2D eigenvalue weighted by molar-refractivity contribution is -0.154. The molecular formula is C42H76NO9P. The molecule has 0 aliphatic rings. The molecule has 0 aromatic heterocycles. The molecule has 0 bridgehead atoms. The molecule has 0 amide bonds. The van der Waals surface area contributed by atoms with Crippen molar-refractivity contribution in [3.05, 3.63) is 48.6 Å². The van der Waals surface area contributed by atoms with E-state index in [4.69, 9.17) is 29.4 Å². The Morgan fingerprint density at radius 2 is 1.09 bits per heavy atom. The van der Waals surface area contributed by atoms with Gasteiger partial charge in [-0.2, -0.15) is 0 Å². The number of unbranched alkanes of at least 4 members (excludes halogenated alkanes) is 17. The van der Waals surface area contributed by atoms with Crippen molar-refractivity contribution in [2.24, 2.45) is 5.73 Å². The van der Waals surface area contributed by atoms with E-state index in [1.54, 1.807) is 0 Å². The Hall–Kier alpha value is -2.07. The van der Waals surface area contributed by atoms with Crippen LogP contribution in [0, 0.1) is 0 Å². The van der Waals surface area contributed by atoms with Gasteiger partial charge in [-0.1, -0.05) is 159 Å². The maximum atomic E-state index is 12.6. The van der Waals surface area contributed by atoms with Crippen LogP contribution in [0.1, 0.15) is 168 Å². The van der Waals surface area contributed by atoms with E-state index in [9.17, 15) is 19.0 Å². The van der Waals surface area contributed by atoms with Crippen LogP contribution in [0.2, 0.25) is 0 Å². The van der Waals surface area contributed by atoms with Gasteiger partial charge in [0.25, 0.3) is 0 Å². The number of hydrogen-bond acceptors (Lipinski definition) is 8. The van der Waals surface area contributed by atoms with Crippen LogP contribution >= 0.6 is 7.82 Å². The number of hydrogen-bond donors (Lipinski definition) is 3. The second-order valence-electron chi connectivity index (χ2n) is 13.7. The van der Waals surface area contributed by atoms with E-state index < -0.39 is 45.1 Å². The highest BCUT2D eigenvalue weighted by Gasteiger charge is 2.27. The molecule has 0 saturated heterocycles. The molecule has 0 aliphatic heterocycles. The summed E-state index contributed by atoms with van der Waals surface area (Å²) in [5, 5.41) is 8.88. The van der Waals surface area contributed by atoms with Crippen molar-refractivity contribution in [1.82, 2.24) is 0 Å². The summed E-state index contributed by atoms with van der Waals surface area (Å²) in [7, 11) is -4.61. The summed E-state index contributed by atoms with van der Waals surface area (Å²) in [6.07, 6.45) is 43.1. The number of carboxylic acids is 1. The van der Waals surface area contributed by atoms with Crippen LogP contribution in [-0.4, -0.2) is 60.5 Å². The minimum atomic E-state index is -4.61. The number of ether oxygens (including phenoxy) is 2. The molecule has 3 atom stereocenters. The minimum absolute atomic E-state index is 0.00986. The van der Waals surface area contributed by atoms with Crippen molar-refractivity contribution in [3.8, 4) is 0 Å². The molecular weight excluding hydrogens is 693 g/mol. The van der Waals surface area contributed by atoms with E-state index in [2.05, 4.69) is 62.5 Å². The zero-order valence-corrected chi connectivity index (χ0v) is 34.2. The standard InChI is InChI=1S/C42H76NO9P/c1-3-5-7-9-11-13-15-16-17-18-19-20-21-22-23-25-27-29-31-33-35-49-36-39(37-50-53(47,48)51-38-40(43)42(45)46)52-41(44)34-32-30-28-26-24-14-12-10-8-6-4-2/h5,7,11,13,16-17,19-20,39-40H,3-4,6,8-10,12,14-15,18,21-38,43H2,1-2H3,(H,45,46)(H,47,48)/b7-5-,13-11-,17-16-,20-19-. The van der Waals surface area contributed by atoms with E-state index >= 15 is 0 Å². The molecule has 0 saturated carbocycles. The highest BCUT2D eigenvalue weighted by Crippen LogP contribution is 2.43. The molecule has 53 heavy (non-hydrogen) atoms. The summed E-state index contributed by atoms with van der Waals surface area (Å²) in [4.78, 5) is 33.4. The number of phosphoric ester groups is 1. The number of carbonyl (C=O) groups is 2. The van der Waals surface area contributed by atoms with Gasteiger partial charge in [-0.05, 0) is 51.4 Å². The zero-order valence-electron chi connectivity index (χ0n) is 33.3. The molecule has 10 nitrogen and oxygen atoms in total. The first-order chi connectivity index (χ1) is 25.7. The van der Waals surface area contributed by atoms with Crippen LogP contribution in [0.3, 0.4) is 0 Å². The maximum Gasteiger partial charge on any atom is 0.472 e. The number of esters is 1. The Balaban J connectivity index is 4.23. The van der Waals surface area contributed by atoms with Gasteiger partial charge in [-0.25, -0.2) is 4.57 Å². The lowest BCUT2D eigenvalue weighted by Crippen LogP contribution is -2.34. The third kappa shape index (κ3) is 38.0. The fourth-order valence-corrected chi connectivity index (χ4v) is 6.20. The van der Waals surface area contributed by atoms with Gasteiger partial charge in [0, 0.05) is 13.0 Å². The lowest BCUT2D eigenvalue weighted by Gasteiger charge is -2.20. The molecule has 3 unspecified atom stereocenters. The Kier molecular flexibility index (Phi) is 36.7. The zero-order chi connectivity index (χ0) is 39.1. The van der Waals surface area contributed by atoms with E-state index in [-0.39, 0.29) is 13.0 Å². The highest BCUT2D eigenvalue weighted by atomic mass is 31.2. The smallest absolute Gasteiger partial charge is 0.472 e. The van der Waals surface area contributed by atoms with Gasteiger partial charge in [-0.3, -0.25) is 18.6 Å². The van der Waals surface area contributed by atoms with Crippen LogP contribution in [0.15, 0.2) is 48.6 Å². The van der Waals surface area contributed by atoms with Crippen LogP contribution in [0.4, 0.5) is 0 Å². The van der Waals surface area contributed by atoms with Crippen LogP contribution in [0.25, 0.3) is 0 Å². The lowest BCUT2D eigenvalue weighted by atomic mass is 10.1. The number of carboxylic acid groups (broad SMARTS) is 1. The first-order valence-electron chi connectivity index (χ1n) is 20.7. The predicted octanol–water partition coefficient (Wildman–Crippen LogP) is 11.1. The molecule has 0 aromatic carbocycles. The molecule has 308 valence electrons. The third-order valence-corrected chi connectivity index (χ3v) is 9.57. The number of carbonyl (C=O) groups excluding carboxylic acids is 1. The monoisotopic (exact) mass is 770 g/mol. The van der Waals surface area contributed by atoms with E-state index in [0.717, 1.165) is 70.6 Å². The van der Waals surface area contributed by atoms with Crippen LogP contribution in [0.5, 0.6) is 0 Å². The number of nitrogens with two attached hydrogens (primary N) is 1. The molecule has 4 N–H and O–H groups in total. The van der Waals surface area contributed by atoms with Crippen molar-refractivity contribution in [2.75, 3.05) is 26.4 Å². The van der Waals surface area contributed by atoms with Crippen LogP contribution in [-0.2, 0) is 32.7 Å². The normalized spacial score (nSPS) is 14.5. The maximum absolute atomic E-state index is 12.6. The van der Waals surface area contributed by atoms with Gasteiger partial charge in [0.15, 0.2) is 0 Å². The number of rotatable bonds is 39. The van der Waals surface area contributed by atoms with Crippen molar-refractivity contribution >= 4 is 19.8 Å². The average molecular weight is 770 g/mol. The van der Waals surface area contributed by atoms with Crippen molar-refractivity contribution < 1.29 is 42.7 Å². The topological polar surface area (TPSA) is 155 Å². The highest BCUT2D eigenvalue weighted by molar-refractivity contribution is 7.47. The molecule has 0 heterocycles. The summed E-state index contributed by atoms with van der Waals surface area (Å²) < 4.78 is 33.3. The van der Waals surface area contributed by atoms with Gasteiger partial charge in [0.1, 0.15) is 12.1 Å². The summed E-state index contributed by atoms with van der Waals surface area (Å²) in [6, 6.07) is -1.47. The van der Waals surface area contributed by atoms with Crippen molar-refractivity contribution in [3.63, 3.8) is 0 Å². The first-order valence-corrected chi connectivity index (χ1v) is 22.2. The predicted molar refractivity (Wildman–Crippen MR) is 217 cm³/mol. The number of phosphoric acid groups is 1. The second-order valence-corrected chi connectivity index (χ2v) is 15.2. The summed E-state index contributed by atoms with van der Waals surface area (Å²) in [6.45, 7) is 3.73. The van der Waals surface area contributed by atoms with E-state index in [1.807, 2.05) is 0 Å². The Morgan fingerprint density at radius 3 is 1.64 bits per heavy atom. The Labute approximate surface area is 322 Å². The molecule has 11 heteroatoms. The Bertz CT molecular complexity index is 1030. The van der Waals surface area contributed by atoms with Crippen molar-refractivity contribution in [1.29, 1.82) is 0 Å². The van der Waals surface area contributed by atoms with Gasteiger partial charge in [0.05, 0.1) is 19.8 Å². The van der Waals surface area contributed by atoms with Gasteiger partial charge >= 0.3 is 19.8 Å². The third-order valence-electron chi connectivity index (χ3n) is 8.62. The minimum Gasteiger partial charge on any atom is -0.480 e. The van der Waals surface area contributed by atoms with Gasteiger partial charge in [0.2, 0.25) is 0 Å². The number of allylic oxidation sites excluding steroid dienone is 8.